The van der Waals surface area contributed by atoms with Gasteiger partial charge in [-0.15, -0.1) is 11.8 Å². The molecule has 1 saturated heterocycles. The average molecular weight is 215 g/mol. The summed E-state index contributed by atoms with van der Waals surface area (Å²) < 4.78 is 0. The predicted octanol–water partition coefficient (Wildman–Crippen LogP) is 1.52. The van der Waals surface area contributed by atoms with Crippen LogP contribution in [0.1, 0.15) is 27.2 Å². The van der Waals surface area contributed by atoms with E-state index < -0.39 is 5.41 Å². The van der Waals surface area contributed by atoms with Gasteiger partial charge in [-0.25, -0.2) is 0 Å². The average Bonchev–Trinajstić information content (AvgIpc) is 2.68. The van der Waals surface area contributed by atoms with Crippen LogP contribution >= 0.6 is 11.8 Å². The molecule has 1 heterocycles. The first-order chi connectivity index (χ1) is 6.49. The number of thioether (sulfide) groups is 1. The molecule has 0 aromatic carbocycles. The fraction of sp³-hybridized carbons (Fsp3) is 0.800. The minimum Gasteiger partial charge on any atom is -0.326 e. The third kappa shape index (κ3) is 2.29. The van der Waals surface area contributed by atoms with Gasteiger partial charge in [0, 0.05) is 17.7 Å². The fourth-order valence-corrected chi connectivity index (χ4v) is 2.11. The SMILES string of the molecule is CCC(C)(C)C(=O)C(=O)N1CCSC1. The quantitative estimate of drug-likeness (QED) is 0.670. The smallest absolute Gasteiger partial charge is 0.291 e. The van der Waals surface area contributed by atoms with E-state index in [0.717, 1.165) is 12.3 Å². The maximum atomic E-state index is 11.8. The Bertz CT molecular complexity index is 245. The molecule has 0 saturated carbocycles. The van der Waals surface area contributed by atoms with Gasteiger partial charge in [0.2, 0.25) is 5.78 Å². The third-order valence-corrected chi connectivity index (χ3v) is 3.70. The Hall–Kier alpha value is -0.510. The molecular formula is C10H17NO2S. The van der Waals surface area contributed by atoms with Gasteiger partial charge in [-0.3, -0.25) is 9.59 Å². The van der Waals surface area contributed by atoms with Crippen LogP contribution in [0.15, 0.2) is 0 Å². The zero-order valence-corrected chi connectivity index (χ0v) is 9.82. The number of carbonyl (C=O) groups excluding carboxylic acids is 2. The van der Waals surface area contributed by atoms with Gasteiger partial charge in [0.15, 0.2) is 0 Å². The first-order valence-electron chi connectivity index (χ1n) is 4.90. The molecule has 0 bridgehead atoms. The molecule has 1 fully saturated rings. The van der Waals surface area contributed by atoms with Crippen LogP contribution in [0.3, 0.4) is 0 Å². The number of rotatable bonds is 3. The Morgan fingerprint density at radius 1 is 1.43 bits per heavy atom. The zero-order chi connectivity index (χ0) is 10.8. The number of carbonyl (C=O) groups is 2. The number of hydrogen-bond acceptors (Lipinski definition) is 3. The second-order valence-electron chi connectivity index (χ2n) is 4.17. The topological polar surface area (TPSA) is 37.4 Å². The van der Waals surface area contributed by atoms with Crippen molar-refractivity contribution in [2.75, 3.05) is 18.2 Å². The summed E-state index contributed by atoms with van der Waals surface area (Å²) in [6, 6.07) is 0. The molecule has 0 aliphatic carbocycles. The molecule has 4 heteroatoms. The molecule has 14 heavy (non-hydrogen) atoms. The van der Waals surface area contributed by atoms with Gasteiger partial charge in [-0.2, -0.15) is 0 Å². The van der Waals surface area contributed by atoms with Crippen molar-refractivity contribution in [3.05, 3.63) is 0 Å². The van der Waals surface area contributed by atoms with Crippen molar-refractivity contribution in [2.24, 2.45) is 5.41 Å². The molecule has 0 spiro atoms. The largest absolute Gasteiger partial charge is 0.326 e. The molecule has 0 N–H and O–H groups in total. The van der Waals surface area contributed by atoms with E-state index >= 15 is 0 Å². The predicted molar refractivity (Wildman–Crippen MR) is 58.1 cm³/mol. The summed E-state index contributed by atoms with van der Waals surface area (Å²) in [4.78, 5) is 25.1. The molecule has 1 amide bonds. The highest BCUT2D eigenvalue weighted by Gasteiger charge is 2.35. The number of hydrogen-bond donors (Lipinski definition) is 0. The molecule has 1 aliphatic heterocycles. The van der Waals surface area contributed by atoms with Crippen LogP contribution in [0.4, 0.5) is 0 Å². The molecule has 0 atom stereocenters. The van der Waals surface area contributed by atoms with Gasteiger partial charge in [0.25, 0.3) is 5.91 Å². The Labute approximate surface area is 89.2 Å². The maximum absolute atomic E-state index is 11.8. The number of ketones is 1. The van der Waals surface area contributed by atoms with Crippen LogP contribution < -0.4 is 0 Å². The normalized spacial score (nSPS) is 17.2. The number of nitrogens with zero attached hydrogens (tertiary/aromatic N) is 1. The lowest BCUT2D eigenvalue weighted by molar-refractivity contribution is -0.148. The monoisotopic (exact) mass is 215 g/mol. The van der Waals surface area contributed by atoms with E-state index in [1.807, 2.05) is 20.8 Å². The lowest BCUT2D eigenvalue weighted by Gasteiger charge is -2.23. The molecule has 1 aliphatic rings. The highest BCUT2D eigenvalue weighted by molar-refractivity contribution is 7.99. The Kier molecular flexibility index (Phi) is 3.59. The molecule has 3 nitrogen and oxygen atoms in total. The van der Waals surface area contributed by atoms with E-state index in [4.69, 9.17) is 0 Å². The van der Waals surface area contributed by atoms with Crippen molar-refractivity contribution < 1.29 is 9.59 Å². The maximum Gasteiger partial charge on any atom is 0.291 e. The molecule has 80 valence electrons. The Balaban J connectivity index is 2.64. The van der Waals surface area contributed by atoms with Gasteiger partial charge >= 0.3 is 0 Å². The van der Waals surface area contributed by atoms with Crippen molar-refractivity contribution in [3.63, 3.8) is 0 Å². The van der Waals surface area contributed by atoms with Crippen LogP contribution in [0.2, 0.25) is 0 Å². The van der Waals surface area contributed by atoms with Crippen molar-refractivity contribution >= 4 is 23.5 Å². The van der Waals surface area contributed by atoms with Crippen LogP contribution in [-0.4, -0.2) is 34.8 Å². The van der Waals surface area contributed by atoms with E-state index in [-0.39, 0.29) is 11.7 Å². The van der Waals surface area contributed by atoms with Crippen molar-refractivity contribution in [3.8, 4) is 0 Å². The van der Waals surface area contributed by atoms with Gasteiger partial charge in [-0.1, -0.05) is 20.8 Å². The van der Waals surface area contributed by atoms with E-state index in [0.29, 0.717) is 12.3 Å². The molecule has 0 aromatic heterocycles. The zero-order valence-electron chi connectivity index (χ0n) is 9.00. The molecular weight excluding hydrogens is 198 g/mol. The van der Waals surface area contributed by atoms with E-state index in [9.17, 15) is 9.59 Å². The first kappa shape index (κ1) is 11.6. The highest BCUT2D eigenvalue weighted by Crippen LogP contribution is 2.23. The molecule has 1 rings (SSSR count). The van der Waals surface area contributed by atoms with Crippen molar-refractivity contribution in [1.82, 2.24) is 4.90 Å². The van der Waals surface area contributed by atoms with Gasteiger partial charge < -0.3 is 4.90 Å². The van der Waals surface area contributed by atoms with Crippen LogP contribution in [0.25, 0.3) is 0 Å². The van der Waals surface area contributed by atoms with E-state index in [2.05, 4.69) is 0 Å². The number of amides is 1. The number of Topliss-reactive ketones (excluding diaryl/α,β-unsaturated/α-hetero) is 1. The third-order valence-electron chi connectivity index (χ3n) is 2.73. The lowest BCUT2D eigenvalue weighted by atomic mass is 9.85. The second kappa shape index (κ2) is 4.34. The Morgan fingerprint density at radius 2 is 2.07 bits per heavy atom. The Morgan fingerprint density at radius 3 is 2.50 bits per heavy atom. The second-order valence-corrected chi connectivity index (χ2v) is 5.25. The lowest BCUT2D eigenvalue weighted by Crippen LogP contribution is -2.41. The van der Waals surface area contributed by atoms with Gasteiger partial charge in [0.05, 0.1) is 5.88 Å². The summed E-state index contributed by atoms with van der Waals surface area (Å²) in [5.41, 5.74) is -0.510. The summed E-state index contributed by atoms with van der Waals surface area (Å²) in [6.07, 6.45) is 0.707. The summed E-state index contributed by atoms with van der Waals surface area (Å²) >= 11 is 1.70. The molecule has 0 aromatic rings. The highest BCUT2D eigenvalue weighted by atomic mass is 32.2. The van der Waals surface area contributed by atoms with Crippen LogP contribution in [0.5, 0.6) is 0 Å². The summed E-state index contributed by atoms with van der Waals surface area (Å²) in [7, 11) is 0. The summed E-state index contributed by atoms with van der Waals surface area (Å²) in [5, 5.41) is 0. The summed E-state index contributed by atoms with van der Waals surface area (Å²) in [5.74, 6) is 1.07. The van der Waals surface area contributed by atoms with Crippen molar-refractivity contribution in [1.29, 1.82) is 0 Å². The van der Waals surface area contributed by atoms with Crippen LogP contribution in [0, 0.1) is 5.41 Å². The molecule has 0 unspecified atom stereocenters. The molecule has 0 radical (unpaired) electrons. The van der Waals surface area contributed by atoms with Gasteiger partial charge in [-0.05, 0) is 6.42 Å². The minimum atomic E-state index is -0.510. The first-order valence-corrected chi connectivity index (χ1v) is 6.06. The summed E-state index contributed by atoms with van der Waals surface area (Å²) in [6.45, 7) is 6.31. The fourth-order valence-electron chi connectivity index (χ4n) is 1.17. The van der Waals surface area contributed by atoms with Crippen molar-refractivity contribution in [2.45, 2.75) is 27.2 Å². The van der Waals surface area contributed by atoms with E-state index in [1.54, 1.807) is 16.7 Å². The standard InChI is InChI=1S/C10H17NO2S/c1-4-10(2,3)8(12)9(13)11-5-6-14-7-11/h4-7H2,1-3H3. The van der Waals surface area contributed by atoms with Crippen LogP contribution in [-0.2, 0) is 9.59 Å². The van der Waals surface area contributed by atoms with Gasteiger partial charge in [0.1, 0.15) is 0 Å². The van der Waals surface area contributed by atoms with E-state index in [1.165, 1.54) is 0 Å². The minimum absolute atomic E-state index is 0.248.